The number of nitrogens with zero attached hydrogens (tertiary/aromatic N) is 4. The molecule has 0 bridgehead atoms. The molecule has 31 heavy (non-hydrogen) atoms. The van der Waals surface area contributed by atoms with E-state index in [2.05, 4.69) is 26.3 Å². The number of allylic oxidation sites excluding steroid dienone is 2. The summed E-state index contributed by atoms with van der Waals surface area (Å²) in [6.07, 6.45) is -2.01. The summed E-state index contributed by atoms with van der Waals surface area (Å²) in [4.78, 5) is 42.4. The first kappa shape index (κ1) is 24.2. The Morgan fingerprint density at radius 1 is 1.23 bits per heavy atom. The Labute approximate surface area is 175 Å². The van der Waals surface area contributed by atoms with E-state index in [9.17, 15) is 22.8 Å². The van der Waals surface area contributed by atoms with Crippen LogP contribution in [0.4, 0.5) is 19.1 Å². The van der Waals surface area contributed by atoms with E-state index in [4.69, 9.17) is 9.90 Å². The second-order valence-electron chi connectivity index (χ2n) is 7.19. The molecule has 0 unspecified atom stereocenters. The summed E-state index contributed by atoms with van der Waals surface area (Å²) < 4.78 is 35.0. The van der Waals surface area contributed by atoms with Gasteiger partial charge >= 0.3 is 17.8 Å². The number of imidazole rings is 1. The molecule has 1 aliphatic heterocycles. The average Bonchev–Trinajstić information content (AvgIpc) is 2.84. The van der Waals surface area contributed by atoms with E-state index in [1.807, 2.05) is 18.4 Å². The number of aliphatic carboxylic acids is 1. The number of aromatic amines is 1. The number of anilines is 1. The van der Waals surface area contributed by atoms with Crippen LogP contribution in [0.5, 0.6) is 0 Å². The number of nitrogens with one attached hydrogen (secondary N) is 2. The Morgan fingerprint density at radius 3 is 2.45 bits per heavy atom. The molecule has 0 atom stereocenters. The smallest absolute Gasteiger partial charge is 0.475 e. The molecule has 172 valence electrons. The van der Waals surface area contributed by atoms with E-state index in [0.29, 0.717) is 17.7 Å². The van der Waals surface area contributed by atoms with Crippen LogP contribution in [0.15, 0.2) is 21.2 Å². The van der Waals surface area contributed by atoms with Gasteiger partial charge in [0, 0.05) is 33.2 Å². The minimum atomic E-state index is -5.08. The van der Waals surface area contributed by atoms with Crippen LogP contribution in [0.3, 0.4) is 0 Å². The zero-order valence-electron chi connectivity index (χ0n) is 17.4. The number of halogens is 3. The SMILES string of the molecule is CC(C)=CCn1c(N2CCCNCC2)nc2c1c(=O)[nH]c(=O)n2C.O=C(O)C(F)(F)F. The Balaban J connectivity index is 0.000000423. The van der Waals surface area contributed by atoms with Crippen molar-refractivity contribution >= 4 is 23.1 Å². The van der Waals surface area contributed by atoms with Crippen molar-refractivity contribution in [2.75, 3.05) is 31.1 Å². The van der Waals surface area contributed by atoms with E-state index < -0.39 is 17.8 Å². The molecule has 1 saturated heterocycles. The zero-order chi connectivity index (χ0) is 23.3. The van der Waals surface area contributed by atoms with E-state index in [1.165, 1.54) is 10.1 Å². The Hall–Kier alpha value is -3.09. The van der Waals surface area contributed by atoms with Gasteiger partial charge in [0.25, 0.3) is 5.56 Å². The van der Waals surface area contributed by atoms with Crippen molar-refractivity contribution in [3.8, 4) is 0 Å². The number of rotatable bonds is 3. The molecule has 1 fully saturated rings. The number of carbonyl (C=O) groups is 1. The highest BCUT2D eigenvalue weighted by Gasteiger charge is 2.38. The number of aryl methyl sites for hydroxylation is 1. The van der Waals surface area contributed by atoms with E-state index in [1.54, 1.807) is 7.05 Å². The second kappa shape index (κ2) is 9.81. The van der Waals surface area contributed by atoms with Crippen molar-refractivity contribution in [1.29, 1.82) is 0 Å². The molecule has 3 rings (SSSR count). The maximum Gasteiger partial charge on any atom is 0.490 e. The van der Waals surface area contributed by atoms with Gasteiger partial charge in [-0.1, -0.05) is 11.6 Å². The Kier molecular flexibility index (Phi) is 7.65. The van der Waals surface area contributed by atoms with Crippen molar-refractivity contribution in [2.45, 2.75) is 33.0 Å². The van der Waals surface area contributed by atoms with Crippen LogP contribution >= 0.6 is 0 Å². The molecule has 13 heteroatoms. The quantitative estimate of drug-likeness (QED) is 0.596. The van der Waals surface area contributed by atoms with Crippen LogP contribution in [-0.4, -0.2) is 62.5 Å². The topological polar surface area (TPSA) is 125 Å². The van der Waals surface area contributed by atoms with Crippen molar-refractivity contribution in [3.05, 3.63) is 32.5 Å². The highest BCUT2D eigenvalue weighted by atomic mass is 19.4. The van der Waals surface area contributed by atoms with Crippen LogP contribution in [0.25, 0.3) is 11.2 Å². The van der Waals surface area contributed by atoms with Gasteiger partial charge < -0.3 is 19.9 Å². The third-order valence-electron chi connectivity index (χ3n) is 4.53. The fourth-order valence-corrected chi connectivity index (χ4v) is 2.96. The first-order valence-corrected chi connectivity index (χ1v) is 9.52. The number of carboxylic acids is 1. The number of aromatic nitrogens is 4. The largest absolute Gasteiger partial charge is 0.490 e. The summed E-state index contributed by atoms with van der Waals surface area (Å²) >= 11 is 0. The normalized spacial score (nSPS) is 14.6. The van der Waals surface area contributed by atoms with Crippen LogP contribution in [0.1, 0.15) is 20.3 Å². The Morgan fingerprint density at radius 2 is 1.87 bits per heavy atom. The molecule has 0 amide bonds. The third-order valence-corrected chi connectivity index (χ3v) is 4.53. The lowest BCUT2D eigenvalue weighted by Gasteiger charge is -2.21. The molecule has 3 heterocycles. The van der Waals surface area contributed by atoms with Crippen LogP contribution < -0.4 is 21.5 Å². The summed E-state index contributed by atoms with van der Waals surface area (Å²) in [6.45, 7) is 8.15. The number of H-pyrrole nitrogens is 1. The number of hydrogen-bond acceptors (Lipinski definition) is 6. The van der Waals surface area contributed by atoms with Crippen molar-refractivity contribution in [3.63, 3.8) is 0 Å². The second-order valence-corrected chi connectivity index (χ2v) is 7.19. The van der Waals surface area contributed by atoms with Gasteiger partial charge in [-0.2, -0.15) is 18.2 Å². The summed E-state index contributed by atoms with van der Waals surface area (Å²) in [5.41, 5.74) is 1.21. The summed E-state index contributed by atoms with van der Waals surface area (Å²) in [5, 5.41) is 10.5. The first-order chi connectivity index (χ1) is 14.4. The first-order valence-electron chi connectivity index (χ1n) is 9.52. The monoisotopic (exact) mass is 446 g/mol. The van der Waals surface area contributed by atoms with E-state index in [0.717, 1.165) is 38.5 Å². The molecule has 0 aromatic carbocycles. The number of alkyl halides is 3. The van der Waals surface area contributed by atoms with Crippen molar-refractivity contribution in [1.82, 2.24) is 24.4 Å². The summed E-state index contributed by atoms with van der Waals surface area (Å²) in [6, 6.07) is 0. The molecule has 0 saturated carbocycles. The summed E-state index contributed by atoms with van der Waals surface area (Å²) in [5.74, 6) is -2.01. The van der Waals surface area contributed by atoms with Gasteiger partial charge in [-0.25, -0.2) is 9.59 Å². The predicted octanol–water partition coefficient (Wildman–Crippen LogP) is 0.823. The van der Waals surface area contributed by atoms with Gasteiger partial charge in [0.2, 0.25) is 5.95 Å². The molecular formula is C18H25F3N6O4. The molecule has 10 nitrogen and oxygen atoms in total. The van der Waals surface area contributed by atoms with Crippen LogP contribution in [0, 0.1) is 0 Å². The number of fused-ring (bicyclic) bond motifs is 1. The maximum atomic E-state index is 12.4. The third kappa shape index (κ3) is 5.96. The molecule has 0 aliphatic carbocycles. The van der Waals surface area contributed by atoms with Crippen LogP contribution in [0.2, 0.25) is 0 Å². The van der Waals surface area contributed by atoms with Crippen LogP contribution in [-0.2, 0) is 18.4 Å². The van der Waals surface area contributed by atoms with Gasteiger partial charge in [0.1, 0.15) is 0 Å². The predicted molar refractivity (Wildman–Crippen MR) is 108 cm³/mol. The van der Waals surface area contributed by atoms with Gasteiger partial charge in [-0.3, -0.25) is 14.3 Å². The van der Waals surface area contributed by atoms with Gasteiger partial charge in [0.05, 0.1) is 0 Å². The molecule has 0 spiro atoms. The van der Waals surface area contributed by atoms with Crippen molar-refractivity contribution < 1.29 is 23.1 Å². The lowest BCUT2D eigenvalue weighted by molar-refractivity contribution is -0.192. The van der Waals surface area contributed by atoms with Gasteiger partial charge in [0.15, 0.2) is 11.2 Å². The standard InChI is InChI=1S/C16H24N6O2.C2HF3O2/c1-11(2)5-9-22-12-13(20(3)16(24)19-14(12)23)18-15(22)21-8-4-6-17-7-10-21;3-2(4,5)1(6)7/h5,17H,4,6-10H2,1-3H3,(H,19,23,24);(H,6,7). The molecule has 0 radical (unpaired) electrons. The van der Waals surface area contributed by atoms with Gasteiger partial charge in [-0.15, -0.1) is 0 Å². The average molecular weight is 446 g/mol. The fraction of sp³-hybridized carbons (Fsp3) is 0.556. The number of hydrogen-bond donors (Lipinski definition) is 3. The lowest BCUT2D eigenvalue weighted by atomic mass is 10.3. The maximum absolute atomic E-state index is 12.4. The molecule has 1 aliphatic rings. The van der Waals surface area contributed by atoms with E-state index in [-0.39, 0.29) is 5.56 Å². The highest BCUT2D eigenvalue weighted by molar-refractivity contribution is 5.74. The Bertz CT molecular complexity index is 1070. The highest BCUT2D eigenvalue weighted by Crippen LogP contribution is 2.20. The molecule has 3 N–H and O–H groups in total. The fourth-order valence-electron chi connectivity index (χ4n) is 2.96. The molecular weight excluding hydrogens is 421 g/mol. The van der Waals surface area contributed by atoms with E-state index >= 15 is 0 Å². The molecule has 2 aromatic rings. The molecule has 2 aromatic heterocycles. The minimum absolute atomic E-state index is 0.387. The zero-order valence-corrected chi connectivity index (χ0v) is 17.4. The number of carboxylic acid groups (broad SMARTS) is 1. The van der Waals surface area contributed by atoms with Gasteiger partial charge in [-0.05, 0) is 26.8 Å². The minimum Gasteiger partial charge on any atom is -0.475 e. The lowest BCUT2D eigenvalue weighted by Crippen LogP contribution is -2.31. The van der Waals surface area contributed by atoms with Crippen molar-refractivity contribution in [2.24, 2.45) is 7.05 Å². The summed E-state index contributed by atoms with van der Waals surface area (Å²) in [7, 11) is 1.63.